The number of carbonyl (C=O) groups is 3. The van der Waals surface area contributed by atoms with E-state index >= 15 is 0 Å². The van der Waals surface area contributed by atoms with Crippen molar-refractivity contribution < 1.29 is 24.2 Å². The van der Waals surface area contributed by atoms with Crippen molar-refractivity contribution >= 4 is 18.0 Å². The lowest BCUT2D eigenvalue weighted by molar-refractivity contribution is -0.137. The summed E-state index contributed by atoms with van der Waals surface area (Å²) < 4.78 is 5.48. The van der Waals surface area contributed by atoms with Gasteiger partial charge >= 0.3 is 12.1 Å². The average molecular weight is 476 g/mol. The minimum atomic E-state index is -1.11. The fourth-order valence-corrected chi connectivity index (χ4v) is 4.22. The van der Waals surface area contributed by atoms with Crippen LogP contribution in [0.25, 0.3) is 11.1 Å². The molecule has 1 aliphatic rings. The Labute approximate surface area is 201 Å². The molecule has 3 aromatic rings. The molecule has 0 radical (unpaired) electrons. The van der Waals surface area contributed by atoms with Crippen molar-refractivity contribution in [2.75, 3.05) is 6.61 Å². The molecule has 0 aliphatic heterocycles. The van der Waals surface area contributed by atoms with Crippen molar-refractivity contribution in [1.82, 2.24) is 15.6 Å². The number of rotatable bonds is 9. The van der Waals surface area contributed by atoms with E-state index in [0.717, 1.165) is 22.3 Å². The van der Waals surface area contributed by atoms with Gasteiger partial charge in [-0.25, -0.2) is 4.79 Å². The molecule has 0 saturated carbocycles. The van der Waals surface area contributed by atoms with Crippen molar-refractivity contribution in [2.24, 2.45) is 0 Å². The molecule has 1 atom stereocenters. The molecule has 0 bridgehead atoms. The molecule has 1 aliphatic carbocycles. The first kappa shape index (κ1) is 23.7. The number of ether oxygens (including phenoxy) is 1. The van der Waals surface area contributed by atoms with Gasteiger partial charge < -0.3 is 25.5 Å². The number of hydrogen-bond acceptors (Lipinski definition) is 5. The molecular weight excluding hydrogens is 450 g/mol. The van der Waals surface area contributed by atoms with Crippen LogP contribution in [0.2, 0.25) is 0 Å². The minimum absolute atomic E-state index is 0.0187. The molecule has 1 unspecified atom stereocenters. The minimum Gasteiger partial charge on any atom is -0.481 e. The highest BCUT2D eigenvalue weighted by atomic mass is 16.5. The summed E-state index contributed by atoms with van der Waals surface area (Å²) in [7, 11) is 0. The zero-order valence-electron chi connectivity index (χ0n) is 18.8. The van der Waals surface area contributed by atoms with Gasteiger partial charge in [-0.2, -0.15) is 0 Å². The summed E-state index contributed by atoms with van der Waals surface area (Å²) in [6.07, 6.45) is 0.215. The molecule has 4 N–H and O–H groups in total. The van der Waals surface area contributed by atoms with Gasteiger partial charge in [0.1, 0.15) is 12.6 Å². The number of aromatic amines is 1. The third-order valence-corrected chi connectivity index (χ3v) is 5.89. The predicted molar refractivity (Wildman–Crippen MR) is 128 cm³/mol. The summed E-state index contributed by atoms with van der Waals surface area (Å²) in [5.41, 5.74) is 4.55. The zero-order chi connectivity index (χ0) is 24.8. The molecule has 35 heavy (non-hydrogen) atoms. The van der Waals surface area contributed by atoms with Gasteiger partial charge in [0.15, 0.2) is 5.43 Å². The van der Waals surface area contributed by atoms with Gasteiger partial charge in [0.2, 0.25) is 5.91 Å². The van der Waals surface area contributed by atoms with Crippen LogP contribution >= 0.6 is 0 Å². The van der Waals surface area contributed by atoms with Crippen molar-refractivity contribution in [1.29, 1.82) is 0 Å². The number of H-pyrrole nitrogens is 1. The van der Waals surface area contributed by atoms with Crippen molar-refractivity contribution in [3.05, 3.63) is 93.9 Å². The molecule has 1 aromatic heterocycles. The van der Waals surface area contributed by atoms with Gasteiger partial charge in [-0.3, -0.25) is 14.4 Å². The second-order valence-corrected chi connectivity index (χ2v) is 8.22. The van der Waals surface area contributed by atoms with Gasteiger partial charge in [-0.05, 0) is 28.7 Å². The van der Waals surface area contributed by atoms with Gasteiger partial charge in [0.05, 0.1) is 6.54 Å². The monoisotopic (exact) mass is 475 g/mol. The number of nitrogens with one attached hydrogen (secondary N) is 3. The Balaban J connectivity index is 1.39. The largest absolute Gasteiger partial charge is 0.481 e. The summed E-state index contributed by atoms with van der Waals surface area (Å²) >= 11 is 0. The highest BCUT2D eigenvalue weighted by Crippen LogP contribution is 2.44. The molecule has 4 rings (SSSR count). The topological polar surface area (TPSA) is 138 Å². The lowest BCUT2D eigenvalue weighted by Gasteiger charge is -2.19. The van der Waals surface area contributed by atoms with E-state index in [9.17, 15) is 19.2 Å². The second kappa shape index (κ2) is 10.7. The Kier molecular flexibility index (Phi) is 7.25. The highest BCUT2D eigenvalue weighted by molar-refractivity contribution is 5.86. The van der Waals surface area contributed by atoms with Crippen LogP contribution in [0.15, 0.2) is 71.7 Å². The van der Waals surface area contributed by atoms with Crippen LogP contribution in [0, 0.1) is 0 Å². The van der Waals surface area contributed by atoms with Crippen molar-refractivity contribution in [3.63, 3.8) is 0 Å². The summed E-state index contributed by atoms with van der Waals surface area (Å²) in [5.74, 6) is -1.82. The van der Waals surface area contributed by atoms with Gasteiger partial charge in [-0.15, -0.1) is 0 Å². The van der Waals surface area contributed by atoms with Gasteiger partial charge in [-0.1, -0.05) is 48.5 Å². The van der Waals surface area contributed by atoms with Crippen LogP contribution in [0.1, 0.15) is 35.6 Å². The molecule has 2 aromatic carbocycles. The maximum Gasteiger partial charge on any atom is 0.407 e. The predicted octanol–water partition coefficient (Wildman–Crippen LogP) is 2.76. The Hall–Kier alpha value is -4.40. The maximum atomic E-state index is 12.7. The van der Waals surface area contributed by atoms with E-state index in [2.05, 4.69) is 15.6 Å². The first-order valence-electron chi connectivity index (χ1n) is 11.2. The lowest BCUT2D eigenvalue weighted by Crippen LogP contribution is -2.47. The summed E-state index contributed by atoms with van der Waals surface area (Å²) in [5, 5.41) is 14.1. The number of carboxylic acids is 1. The number of aliphatic carboxylic acids is 1. The van der Waals surface area contributed by atoms with E-state index in [1.54, 1.807) is 0 Å². The molecular formula is C26H25N3O6. The van der Waals surface area contributed by atoms with Crippen LogP contribution in [-0.2, 0) is 20.9 Å². The molecule has 9 nitrogen and oxygen atoms in total. The first-order chi connectivity index (χ1) is 16.9. The Morgan fingerprint density at radius 3 is 2.29 bits per heavy atom. The first-order valence-corrected chi connectivity index (χ1v) is 11.2. The van der Waals surface area contributed by atoms with Crippen molar-refractivity contribution in [3.8, 4) is 11.1 Å². The Morgan fingerprint density at radius 1 is 1.00 bits per heavy atom. The second-order valence-electron chi connectivity index (χ2n) is 8.22. The molecule has 2 amide bonds. The number of hydrogen-bond donors (Lipinski definition) is 4. The third-order valence-electron chi connectivity index (χ3n) is 5.89. The molecule has 0 fully saturated rings. The van der Waals surface area contributed by atoms with Crippen LogP contribution in [0.4, 0.5) is 4.79 Å². The fourth-order valence-electron chi connectivity index (χ4n) is 4.22. The van der Waals surface area contributed by atoms with Crippen molar-refractivity contribution in [2.45, 2.75) is 31.3 Å². The maximum absolute atomic E-state index is 12.7. The van der Waals surface area contributed by atoms with Crippen LogP contribution in [0.3, 0.4) is 0 Å². The number of pyridine rings is 1. The number of benzene rings is 2. The number of fused-ring (bicyclic) bond motifs is 3. The summed E-state index contributed by atoms with van der Waals surface area (Å²) in [4.78, 5) is 50.6. The SMILES string of the molecule is O=C(O)CCC(NC(=O)OCC1c2ccccc2-c2ccccc21)C(=O)NCc1cc(=O)cc[nH]1. The molecule has 9 heteroatoms. The zero-order valence-corrected chi connectivity index (χ0v) is 18.8. The van der Waals surface area contributed by atoms with Gasteiger partial charge in [0, 0.05) is 36.4 Å². The number of alkyl carbamates (subject to hydrolysis) is 1. The van der Waals surface area contributed by atoms with E-state index in [-0.39, 0.29) is 37.3 Å². The molecule has 0 spiro atoms. The fraction of sp³-hybridized carbons (Fsp3) is 0.231. The van der Waals surface area contributed by atoms with E-state index in [0.29, 0.717) is 5.69 Å². The standard InChI is InChI=1S/C26H25N3O6/c30-17-11-12-27-16(13-17)14-28-25(33)23(9-10-24(31)32)29-26(34)35-15-22-20-7-3-1-5-18(20)19-6-2-4-8-21(19)22/h1-8,11-13,22-23H,9-10,14-15H2,(H,27,30)(H,28,33)(H,29,34)(H,31,32). The summed E-state index contributed by atoms with van der Waals surface area (Å²) in [6.45, 7) is 0.0865. The summed E-state index contributed by atoms with van der Waals surface area (Å²) in [6, 6.07) is 17.4. The van der Waals surface area contributed by atoms with Crippen LogP contribution < -0.4 is 16.1 Å². The van der Waals surface area contributed by atoms with E-state index < -0.39 is 24.0 Å². The smallest absolute Gasteiger partial charge is 0.407 e. The van der Waals surface area contributed by atoms with E-state index in [4.69, 9.17) is 9.84 Å². The highest BCUT2D eigenvalue weighted by Gasteiger charge is 2.30. The van der Waals surface area contributed by atoms with Crippen LogP contribution in [-0.4, -0.2) is 40.7 Å². The number of carboxylic acid groups (broad SMARTS) is 1. The number of aromatic nitrogens is 1. The molecule has 180 valence electrons. The average Bonchev–Trinajstić information content (AvgIpc) is 3.17. The normalized spacial score (nSPS) is 12.8. The Morgan fingerprint density at radius 2 is 1.66 bits per heavy atom. The number of amides is 2. The third kappa shape index (κ3) is 5.75. The van der Waals surface area contributed by atoms with E-state index in [1.807, 2.05) is 48.5 Å². The van der Waals surface area contributed by atoms with Gasteiger partial charge in [0.25, 0.3) is 0 Å². The molecule has 1 heterocycles. The van der Waals surface area contributed by atoms with E-state index in [1.165, 1.54) is 18.3 Å². The quantitative estimate of drug-likeness (QED) is 0.376. The Bertz CT molecular complexity index is 1260. The van der Waals surface area contributed by atoms with Crippen LogP contribution in [0.5, 0.6) is 0 Å². The number of carbonyl (C=O) groups excluding carboxylic acids is 2. The lowest BCUT2D eigenvalue weighted by atomic mass is 9.98. The molecule has 0 saturated heterocycles.